The van der Waals surface area contributed by atoms with Crippen molar-refractivity contribution < 1.29 is 0 Å². The number of rotatable bonds is 8. The standard InChI is InChI=1S/C79H58N4/c1-79(2)69-40-36-53(55-38-42-73-67(49-55)77-75(82(73)61-30-16-7-17-31-61)63-32-18-20-34-71(63)80(77)59-26-12-5-13-27-59)47-65(69)66-48-54(37-41-70(66)79)56-39-43-74-68(50-56)78-76(64-33-19-21-35-72(64)81(78)60-28-14-6-15-29-60)83(74)62-45-57(51-22-8-3-9-23-51)44-58(46-62)52-24-10-4-11-25-52/h3-50,75-78H,1-2H3. The maximum atomic E-state index is 2.65. The van der Waals surface area contributed by atoms with Gasteiger partial charge in [0.1, 0.15) is 0 Å². The number of hydrogen-bond donors (Lipinski definition) is 0. The molecule has 12 aromatic carbocycles. The molecule has 394 valence electrons. The molecule has 4 aliphatic heterocycles. The maximum Gasteiger partial charge on any atom is 0.0862 e. The van der Waals surface area contributed by atoms with Crippen LogP contribution >= 0.6 is 0 Å². The zero-order valence-corrected chi connectivity index (χ0v) is 46.3. The van der Waals surface area contributed by atoms with Gasteiger partial charge in [0.2, 0.25) is 0 Å². The first-order valence-electron chi connectivity index (χ1n) is 29.3. The van der Waals surface area contributed by atoms with E-state index in [0.29, 0.717) is 0 Å². The smallest absolute Gasteiger partial charge is 0.0862 e. The van der Waals surface area contributed by atoms with Gasteiger partial charge in [0.25, 0.3) is 0 Å². The van der Waals surface area contributed by atoms with Gasteiger partial charge < -0.3 is 19.6 Å². The first kappa shape index (κ1) is 47.6. The Labute approximate surface area is 486 Å². The average Bonchev–Trinajstić information content (AvgIpc) is 2.54. The van der Waals surface area contributed by atoms with E-state index in [1.807, 2.05) is 0 Å². The topological polar surface area (TPSA) is 13.0 Å². The molecule has 4 nitrogen and oxygen atoms in total. The van der Waals surface area contributed by atoms with Gasteiger partial charge in [0, 0.05) is 73.2 Å². The summed E-state index contributed by atoms with van der Waals surface area (Å²) >= 11 is 0. The van der Waals surface area contributed by atoms with Crippen molar-refractivity contribution in [3.8, 4) is 55.6 Å². The molecule has 17 rings (SSSR count). The Morgan fingerprint density at radius 1 is 0.229 bits per heavy atom. The lowest BCUT2D eigenvalue weighted by Crippen LogP contribution is -2.24. The maximum absolute atomic E-state index is 2.65. The summed E-state index contributed by atoms with van der Waals surface area (Å²) in [5, 5.41) is 0. The summed E-state index contributed by atoms with van der Waals surface area (Å²) in [7, 11) is 0. The summed E-state index contributed by atoms with van der Waals surface area (Å²) in [5.41, 5.74) is 30.1. The molecular formula is C79H58N4. The molecule has 5 aliphatic rings. The van der Waals surface area contributed by atoms with Crippen molar-refractivity contribution in [3.63, 3.8) is 0 Å². The molecule has 4 unspecified atom stereocenters. The number of nitrogens with zero attached hydrogens (tertiary/aromatic N) is 4. The van der Waals surface area contributed by atoms with Crippen LogP contribution in [0.2, 0.25) is 0 Å². The van der Waals surface area contributed by atoms with Crippen molar-refractivity contribution in [2.75, 3.05) is 19.6 Å². The molecule has 4 atom stereocenters. The second-order valence-corrected chi connectivity index (χ2v) is 23.6. The predicted octanol–water partition coefficient (Wildman–Crippen LogP) is 20.8. The van der Waals surface area contributed by atoms with Crippen LogP contribution < -0.4 is 19.6 Å². The second-order valence-electron chi connectivity index (χ2n) is 23.6. The normalized spacial score (nSPS) is 18.0. The van der Waals surface area contributed by atoms with Crippen LogP contribution in [0.1, 0.15) is 71.4 Å². The molecule has 83 heavy (non-hydrogen) atoms. The van der Waals surface area contributed by atoms with Crippen LogP contribution in [-0.4, -0.2) is 0 Å². The van der Waals surface area contributed by atoms with Crippen LogP contribution in [0, 0.1) is 0 Å². The predicted molar refractivity (Wildman–Crippen MR) is 344 cm³/mol. The number of fused-ring (bicyclic) bond motifs is 13. The van der Waals surface area contributed by atoms with Crippen LogP contribution in [0.25, 0.3) is 55.6 Å². The fourth-order valence-electron chi connectivity index (χ4n) is 15.1. The molecule has 0 N–H and O–H groups in total. The van der Waals surface area contributed by atoms with Crippen molar-refractivity contribution >= 4 is 45.5 Å². The van der Waals surface area contributed by atoms with Gasteiger partial charge in [-0.3, -0.25) is 0 Å². The van der Waals surface area contributed by atoms with Gasteiger partial charge in [-0.15, -0.1) is 0 Å². The van der Waals surface area contributed by atoms with E-state index in [1.54, 1.807) is 0 Å². The third-order valence-electron chi connectivity index (χ3n) is 18.8. The summed E-state index contributed by atoms with van der Waals surface area (Å²) < 4.78 is 0. The van der Waals surface area contributed by atoms with Crippen molar-refractivity contribution in [3.05, 3.63) is 325 Å². The van der Waals surface area contributed by atoms with E-state index >= 15 is 0 Å². The molecule has 4 heteroatoms. The summed E-state index contributed by atoms with van der Waals surface area (Å²) in [6, 6.07) is 109. The lowest BCUT2D eigenvalue weighted by atomic mass is 9.82. The van der Waals surface area contributed by atoms with E-state index in [0.717, 1.165) is 0 Å². The molecule has 0 saturated heterocycles. The summed E-state index contributed by atoms with van der Waals surface area (Å²) in [6.07, 6.45) is 0. The SMILES string of the molecule is CC1(C)c2ccc(-c3ccc4c(c3)C3C(c5ccccc5N3c3ccccc3)N4c3ccccc3)cc2-c2cc(-c3ccc4c(c3)C3C(c5ccccc5N3c3ccccc3)N4c3cc(-c4ccccc4)cc(-c4ccccc4)c3)ccc21. The van der Waals surface area contributed by atoms with Crippen molar-refractivity contribution in [2.24, 2.45) is 0 Å². The van der Waals surface area contributed by atoms with Gasteiger partial charge >= 0.3 is 0 Å². The number of anilines is 8. The lowest BCUT2D eigenvalue weighted by Gasteiger charge is -2.30. The van der Waals surface area contributed by atoms with Gasteiger partial charge in [0.15, 0.2) is 0 Å². The Bertz CT molecular complexity index is 4460. The Morgan fingerprint density at radius 3 is 0.952 bits per heavy atom. The van der Waals surface area contributed by atoms with Gasteiger partial charge in [-0.25, -0.2) is 0 Å². The molecule has 0 fully saturated rings. The minimum atomic E-state index is -0.167. The third-order valence-corrected chi connectivity index (χ3v) is 18.8. The number of benzene rings is 12. The molecule has 12 aromatic rings. The van der Waals surface area contributed by atoms with Crippen LogP contribution in [0.15, 0.2) is 291 Å². The zero-order chi connectivity index (χ0) is 54.9. The van der Waals surface area contributed by atoms with E-state index in [4.69, 9.17) is 0 Å². The molecule has 0 saturated carbocycles. The lowest BCUT2D eigenvalue weighted by molar-refractivity contribution is 0.634. The van der Waals surface area contributed by atoms with E-state index in [-0.39, 0.29) is 29.6 Å². The van der Waals surface area contributed by atoms with Crippen LogP contribution in [0.4, 0.5) is 45.5 Å². The summed E-state index contributed by atoms with van der Waals surface area (Å²) in [5.74, 6) is 0. The van der Waals surface area contributed by atoms with Crippen LogP contribution in [-0.2, 0) is 5.41 Å². The Balaban J connectivity index is 0.794. The van der Waals surface area contributed by atoms with E-state index in [2.05, 4.69) is 325 Å². The van der Waals surface area contributed by atoms with Gasteiger partial charge in [-0.2, -0.15) is 0 Å². The van der Waals surface area contributed by atoms with E-state index in [9.17, 15) is 0 Å². The second kappa shape index (κ2) is 18.4. The van der Waals surface area contributed by atoms with Crippen molar-refractivity contribution in [1.82, 2.24) is 0 Å². The quantitative estimate of drug-likeness (QED) is 0.150. The highest BCUT2D eigenvalue weighted by atomic mass is 15.3. The molecular weight excluding hydrogens is 1000 g/mol. The Morgan fingerprint density at radius 2 is 0.542 bits per heavy atom. The molecule has 0 spiro atoms. The fraction of sp³-hybridized carbons (Fsp3) is 0.0886. The highest BCUT2D eigenvalue weighted by Crippen LogP contribution is 2.65. The summed E-state index contributed by atoms with van der Waals surface area (Å²) in [6.45, 7) is 4.80. The van der Waals surface area contributed by atoms with Crippen molar-refractivity contribution in [1.29, 1.82) is 0 Å². The van der Waals surface area contributed by atoms with Crippen LogP contribution in [0.5, 0.6) is 0 Å². The highest BCUT2D eigenvalue weighted by Gasteiger charge is 2.52. The van der Waals surface area contributed by atoms with E-state index < -0.39 is 0 Å². The van der Waals surface area contributed by atoms with Crippen LogP contribution in [0.3, 0.4) is 0 Å². The largest absolute Gasteiger partial charge is 0.331 e. The monoisotopic (exact) mass is 1060 g/mol. The van der Waals surface area contributed by atoms with Gasteiger partial charge in [0.05, 0.1) is 24.2 Å². The van der Waals surface area contributed by atoms with Gasteiger partial charge in [-0.1, -0.05) is 202 Å². The van der Waals surface area contributed by atoms with Gasteiger partial charge in [-0.05, 0) is 170 Å². The van der Waals surface area contributed by atoms with Crippen molar-refractivity contribution in [2.45, 2.75) is 43.4 Å². The minimum Gasteiger partial charge on any atom is -0.331 e. The first-order valence-corrected chi connectivity index (χ1v) is 29.3. The number of hydrogen-bond acceptors (Lipinski definition) is 4. The average molecular weight is 1060 g/mol. The molecule has 0 amide bonds. The first-order chi connectivity index (χ1) is 40.9. The Hall–Kier alpha value is -10.2. The molecule has 1 aliphatic carbocycles. The zero-order valence-electron chi connectivity index (χ0n) is 46.3. The molecule has 0 aromatic heterocycles. The molecule has 0 bridgehead atoms. The number of para-hydroxylation sites is 5. The molecule has 4 heterocycles. The minimum absolute atomic E-state index is 0.0162. The highest BCUT2D eigenvalue weighted by molar-refractivity contribution is 5.93. The third kappa shape index (κ3) is 7.25. The summed E-state index contributed by atoms with van der Waals surface area (Å²) in [4.78, 5) is 10.4. The Kier molecular flexibility index (Phi) is 10.6. The fourth-order valence-corrected chi connectivity index (χ4v) is 15.1. The van der Waals surface area contributed by atoms with E-state index in [1.165, 1.54) is 135 Å². The molecule has 0 radical (unpaired) electrons.